The third-order valence-electron chi connectivity index (χ3n) is 6.17. The van der Waals surface area contributed by atoms with E-state index in [0.29, 0.717) is 12.0 Å². The van der Waals surface area contributed by atoms with Crippen molar-refractivity contribution < 1.29 is 36.9 Å². The van der Waals surface area contributed by atoms with Crippen LogP contribution in [0.4, 0.5) is 18.0 Å². The molecule has 1 fully saturated rings. The molecule has 9 heteroatoms. The van der Waals surface area contributed by atoms with Crippen molar-refractivity contribution in [2.75, 3.05) is 19.8 Å². The van der Waals surface area contributed by atoms with Crippen LogP contribution in [0.1, 0.15) is 63.3 Å². The molecule has 38 heavy (non-hydrogen) atoms. The van der Waals surface area contributed by atoms with Gasteiger partial charge in [0.2, 0.25) is 0 Å². The molecule has 0 atom stereocenters. The topological polar surface area (TPSA) is 66.0 Å². The van der Waals surface area contributed by atoms with Crippen LogP contribution in [0.2, 0.25) is 0 Å². The van der Waals surface area contributed by atoms with Crippen LogP contribution in [0.5, 0.6) is 5.75 Å². The number of hydrogen-bond acceptors (Lipinski definition) is 5. The molecule has 1 amide bonds. The largest absolute Gasteiger partial charge is 0.493 e. The Balaban J connectivity index is 1.72. The van der Waals surface area contributed by atoms with Gasteiger partial charge in [0.1, 0.15) is 11.4 Å². The SMILES string of the molecule is Cc1ccc(CCOc2ccc(CCC3(NC(=O)OC(C)(C)C)COC(C)(C)OC3)cc2C(F)(F)F)cc1. The monoisotopic (exact) mass is 537 g/mol. The third kappa shape index (κ3) is 8.91. The van der Waals surface area contributed by atoms with E-state index in [1.54, 1.807) is 40.7 Å². The Morgan fingerprint density at radius 1 is 0.974 bits per heavy atom. The van der Waals surface area contributed by atoms with Crippen LogP contribution in [0, 0.1) is 6.92 Å². The highest BCUT2D eigenvalue weighted by molar-refractivity contribution is 5.69. The molecule has 6 nitrogen and oxygen atoms in total. The van der Waals surface area contributed by atoms with Gasteiger partial charge in [0.25, 0.3) is 0 Å². The van der Waals surface area contributed by atoms with Gasteiger partial charge in [-0.1, -0.05) is 35.9 Å². The highest BCUT2D eigenvalue weighted by Gasteiger charge is 2.42. The maximum Gasteiger partial charge on any atom is 0.419 e. The fourth-order valence-corrected chi connectivity index (χ4v) is 4.00. The van der Waals surface area contributed by atoms with Crippen molar-refractivity contribution in [3.63, 3.8) is 0 Å². The predicted octanol–water partition coefficient (Wildman–Crippen LogP) is 6.61. The van der Waals surface area contributed by atoms with E-state index in [-0.39, 0.29) is 38.4 Å². The zero-order valence-electron chi connectivity index (χ0n) is 23.0. The van der Waals surface area contributed by atoms with Gasteiger partial charge in [-0.25, -0.2) is 4.79 Å². The number of amides is 1. The van der Waals surface area contributed by atoms with Crippen molar-refractivity contribution in [1.82, 2.24) is 5.32 Å². The molecule has 0 radical (unpaired) electrons. The number of carbonyl (C=O) groups is 1. The summed E-state index contributed by atoms with van der Waals surface area (Å²) in [5, 5.41) is 2.84. The van der Waals surface area contributed by atoms with Crippen molar-refractivity contribution >= 4 is 6.09 Å². The highest BCUT2D eigenvalue weighted by atomic mass is 19.4. The number of carbonyl (C=O) groups excluding carboxylic acids is 1. The van der Waals surface area contributed by atoms with E-state index in [4.69, 9.17) is 18.9 Å². The van der Waals surface area contributed by atoms with Crippen molar-refractivity contribution in [1.29, 1.82) is 0 Å². The van der Waals surface area contributed by atoms with Crippen LogP contribution in [-0.4, -0.2) is 42.8 Å². The number of aryl methyl sites for hydroxylation is 2. The first kappa shape index (κ1) is 29.8. The fraction of sp³-hybridized carbons (Fsp3) is 0.552. The first-order valence-electron chi connectivity index (χ1n) is 12.7. The molecule has 0 saturated carbocycles. The summed E-state index contributed by atoms with van der Waals surface area (Å²) in [5.74, 6) is -1.04. The normalized spacial score (nSPS) is 17.1. The van der Waals surface area contributed by atoms with E-state index >= 15 is 0 Å². The summed E-state index contributed by atoms with van der Waals surface area (Å²) >= 11 is 0. The van der Waals surface area contributed by atoms with Gasteiger partial charge >= 0.3 is 12.3 Å². The minimum atomic E-state index is -4.58. The first-order chi connectivity index (χ1) is 17.6. The summed E-state index contributed by atoms with van der Waals surface area (Å²) < 4.78 is 64.3. The van der Waals surface area contributed by atoms with Crippen LogP contribution in [-0.2, 0) is 33.2 Å². The number of hydrogen-bond donors (Lipinski definition) is 1. The Hall–Kier alpha value is -2.78. The molecule has 1 N–H and O–H groups in total. The van der Waals surface area contributed by atoms with Gasteiger partial charge in [-0.3, -0.25) is 0 Å². The molecule has 1 heterocycles. The molecule has 2 aromatic carbocycles. The second-order valence-corrected chi connectivity index (χ2v) is 11.3. The quantitative estimate of drug-likeness (QED) is 0.410. The molecular formula is C29H38F3NO5. The fourth-order valence-electron chi connectivity index (χ4n) is 4.00. The van der Waals surface area contributed by atoms with Crippen molar-refractivity contribution in [3.05, 3.63) is 64.7 Å². The van der Waals surface area contributed by atoms with Crippen LogP contribution >= 0.6 is 0 Å². The van der Waals surface area contributed by atoms with E-state index in [9.17, 15) is 18.0 Å². The minimum Gasteiger partial charge on any atom is -0.493 e. The van der Waals surface area contributed by atoms with E-state index < -0.39 is 34.8 Å². The Morgan fingerprint density at radius 2 is 1.58 bits per heavy atom. The highest BCUT2D eigenvalue weighted by Crippen LogP contribution is 2.37. The molecule has 0 aliphatic carbocycles. The van der Waals surface area contributed by atoms with Gasteiger partial charge in [-0.15, -0.1) is 0 Å². The number of alkyl halides is 3. The lowest BCUT2D eigenvalue weighted by atomic mass is 9.91. The molecule has 3 rings (SSSR count). The second kappa shape index (κ2) is 11.5. The maximum absolute atomic E-state index is 13.9. The van der Waals surface area contributed by atoms with E-state index in [1.165, 1.54) is 6.07 Å². The molecular weight excluding hydrogens is 499 g/mol. The van der Waals surface area contributed by atoms with Crippen LogP contribution in [0.25, 0.3) is 0 Å². The second-order valence-electron chi connectivity index (χ2n) is 11.3. The van der Waals surface area contributed by atoms with Gasteiger partial charge < -0.3 is 24.3 Å². The minimum absolute atomic E-state index is 0.124. The Kier molecular flexibility index (Phi) is 9.04. The maximum atomic E-state index is 13.9. The average Bonchev–Trinajstić information content (AvgIpc) is 2.79. The predicted molar refractivity (Wildman–Crippen MR) is 138 cm³/mol. The molecule has 1 aliphatic rings. The molecule has 210 valence electrons. The standard InChI is InChI=1S/C29H38F3NO5/c1-20-7-9-21(10-8-20)14-16-35-24-12-11-22(17-23(24)29(30,31)32)13-15-28(18-36-27(5,6)37-19-28)33-25(34)38-26(2,3)4/h7-12,17H,13-16,18-19H2,1-6H3,(H,33,34). The summed E-state index contributed by atoms with van der Waals surface area (Å²) in [6.07, 6.45) is -4.20. The summed E-state index contributed by atoms with van der Waals surface area (Å²) in [6, 6.07) is 11.9. The Morgan fingerprint density at radius 3 is 2.16 bits per heavy atom. The van der Waals surface area contributed by atoms with E-state index in [2.05, 4.69) is 5.32 Å². The lowest BCUT2D eigenvalue weighted by Gasteiger charge is -2.44. The number of ether oxygens (including phenoxy) is 4. The smallest absolute Gasteiger partial charge is 0.419 e. The number of halogens is 3. The summed E-state index contributed by atoms with van der Waals surface area (Å²) in [5.41, 5.74) is 0.0623. The third-order valence-corrected chi connectivity index (χ3v) is 6.17. The zero-order chi connectivity index (χ0) is 28.2. The molecule has 0 bridgehead atoms. The molecule has 0 spiro atoms. The molecule has 0 aromatic heterocycles. The van der Waals surface area contributed by atoms with Crippen molar-refractivity contribution in [3.8, 4) is 5.75 Å². The number of rotatable bonds is 8. The average molecular weight is 538 g/mol. The van der Waals surface area contributed by atoms with Gasteiger partial charge in [0.05, 0.1) is 30.9 Å². The van der Waals surface area contributed by atoms with Crippen molar-refractivity contribution in [2.45, 2.75) is 83.9 Å². The summed E-state index contributed by atoms with van der Waals surface area (Å²) in [7, 11) is 0. The van der Waals surface area contributed by atoms with Crippen molar-refractivity contribution in [2.24, 2.45) is 0 Å². The molecule has 0 unspecified atom stereocenters. The Bertz CT molecular complexity index is 1080. The van der Waals surface area contributed by atoms with Gasteiger partial charge in [-0.2, -0.15) is 13.2 Å². The molecule has 1 saturated heterocycles. The number of alkyl carbamates (subject to hydrolysis) is 1. The van der Waals surface area contributed by atoms with Gasteiger partial charge in [0, 0.05) is 6.42 Å². The Labute approximate surface area is 222 Å². The number of nitrogens with one attached hydrogen (secondary N) is 1. The van der Waals surface area contributed by atoms with Crippen LogP contribution in [0.3, 0.4) is 0 Å². The first-order valence-corrected chi connectivity index (χ1v) is 12.7. The summed E-state index contributed by atoms with van der Waals surface area (Å²) in [6.45, 7) is 11.1. The van der Waals surface area contributed by atoms with Gasteiger partial charge in [0.15, 0.2) is 5.79 Å². The summed E-state index contributed by atoms with van der Waals surface area (Å²) in [4.78, 5) is 12.5. The van der Waals surface area contributed by atoms with Crippen LogP contribution in [0.15, 0.2) is 42.5 Å². The van der Waals surface area contributed by atoms with Gasteiger partial charge in [-0.05, 0) is 77.6 Å². The van der Waals surface area contributed by atoms with E-state index in [0.717, 1.165) is 17.2 Å². The number of benzene rings is 2. The lowest BCUT2D eigenvalue weighted by Crippen LogP contribution is -2.61. The lowest BCUT2D eigenvalue weighted by molar-refractivity contribution is -0.271. The van der Waals surface area contributed by atoms with Crippen LogP contribution < -0.4 is 10.1 Å². The molecule has 2 aromatic rings. The van der Waals surface area contributed by atoms with E-state index in [1.807, 2.05) is 31.2 Å². The molecule has 1 aliphatic heterocycles. The zero-order valence-corrected chi connectivity index (χ0v) is 23.0.